The number of para-hydroxylation sites is 1. The summed E-state index contributed by atoms with van der Waals surface area (Å²) in [5, 5.41) is 3.62. The first-order valence-corrected chi connectivity index (χ1v) is 6.81. The standard InChI is InChI=1S/C15H23NO2/c1-17-11-12-18-10-4-6-14-9-8-13-5-2-3-7-15(13)16-14/h2-3,5,7,14,16H,4,6,8-12H2,1H3. The molecule has 0 spiro atoms. The fourth-order valence-corrected chi connectivity index (χ4v) is 2.39. The molecule has 0 aliphatic carbocycles. The maximum Gasteiger partial charge on any atom is 0.0700 e. The lowest BCUT2D eigenvalue weighted by Crippen LogP contribution is -2.25. The number of nitrogens with one attached hydrogen (secondary N) is 1. The maximum atomic E-state index is 5.48. The summed E-state index contributed by atoms with van der Waals surface area (Å²) in [4.78, 5) is 0. The van der Waals surface area contributed by atoms with Crippen LogP contribution in [-0.2, 0) is 15.9 Å². The average molecular weight is 249 g/mol. The molecular weight excluding hydrogens is 226 g/mol. The summed E-state index contributed by atoms with van der Waals surface area (Å²) >= 11 is 0. The van der Waals surface area contributed by atoms with Gasteiger partial charge in [0.05, 0.1) is 13.2 Å². The molecule has 1 aliphatic rings. The summed E-state index contributed by atoms with van der Waals surface area (Å²) in [6.07, 6.45) is 4.72. The van der Waals surface area contributed by atoms with Crippen LogP contribution in [0.1, 0.15) is 24.8 Å². The van der Waals surface area contributed by atoms with Crippen molar-refractivity contribution in [3.63, 3.8) is 0 Å². The van der Waals surface area contributed by atoms with Crippen LogP contribution in [0.15, 0.2) is 24.3 Å². The molecule has 18 heavy (non-hydrogen) atoms. The van der Waals surface area contributed by atoms with Crippen LogP contribution < -0.4 is 5.32 Å². The zero-order chi connectivity index (χ0) is 12.6. The quantitative estimate of drug-likeness (QED) is 0.754. The predicted molar refractivity (Wildman–Crippen MR) is 74.1 cm³/mol. The molecule has 0 radical (unpaired) electrons. The van der Waals surface area contributed by atoms with Crippen LogP contribution in [0.25, 0.3) is 0 Å². The second-order valence-electron chi connectivity index (χ2n) is 4.78. The highest BCUT2D eigenvalue weighted by atomic mass is 16.5. The van der Waals surface area contributed by atoms with E-state index >= 15 is 0 Å². The summed E-state index contributed by atoms with van der Waals surface area (Å²) < 4.78 is 10.4. The molecule has 1 N–H and O–H groups in total. The first kappa shape index (κ1) is 13.4. The molecule has 1 aliphatic heterocycles. The lowest BCUT2D eigenvalue weighted by atomic mass is 9.95. The van der Waals surface area contributed by atoms with Crippen molar-refractivity contribution in [1.82, 2.24) is 0 Å². The van der Waals surface area contributed by atoms with Crippen molar-refractivity contribution >= 4 is 5.69 Å². The van der Waals surface area contributed by atoms with Crippen LogP contribution in [0, 0.1) is 0 Å². The van der Waals surface area contributed by atoms with E-state index in [2.05, 4.69) is 29.6 Å². The number of rotatable bonds is 7. The fourth-order valence-electron chi connectivity index (χ4n) is 2.39. The van der Waals surface area contributed by atoms with Gasteiger partial charge in [0.15, 0.2) is 0 Å². The van der Waals surface area contributed by atoms with E-state index in [-0.39, 0.29) is 0 Å². The highest BCUT2D eigenvalue weighted by Crippen LogP contribution is 2.25. The number of aryl methyl sites for hydroxylation is 1. The summed E-state index contributed by atoms with van der Waals surface area (Å²) in [6, 6.07) is 9.21. The molecule has 0 fully saturated rings. The van der Waals surface area contributed by atoms with Crippen LogP contribution in [0.5, 0.6) is 0 Å². The largest absolute Gasteiger partial charge is 0.382 e. The van der Waals surface area contributed by atoms with Gasteiger partial charge in [-0.05, 0) is 37.3 Å². The number of hydrogen-bond donors (Lipinski definition) is 1. The van der Waals surface area contributed by atoms with Gasteiger partial charge in [-0.1, -0.05) is 18.2 Å². The van der Waals surface area contributed by atoms with Gasteiger partial charge in [-0.25, -0.2) is 0 Å². The Bertz CT molecular complexity index is 354. The number of hydrogen-bond acceptors (Lipinski definition) is 3. The molecule has 3 heteroatoms. The van der Waals surface area contributed by atoms with Gasteiger partial charge >= 0.3 is 0 Å². The molecule has 0 bridgehead atoms. The molecule has 1 atom stereocenters. The minimum atomic E-state index is 0.603. The van der Waals surface area contributed by atoms with E-state index < -0.39 is 0 Å². The van der Waals surface area contributed by atoms with Crippen LogP contribution in [-0.4, -0.2) is 33.0 Å². The van der Waals surface area contributed by atoms with Gasteiger partial charge in [0.1, 0.15) is 0 Å². The van der Waals surface area contributed by atoms with Gasteiger partial charge in [0, 0.05) is 25.4 Å². The molecular formula is C15H23NO2. The second-order valence-corrected chi connectivity index (χ2v) is 4.78. The van der Waals surface area contributed by atoms with Crippen molar-refractivity contribution < 1.29 is 9.47 Å². The molecule has 0 saturated carbocycles. The van der Waals surface area contributed by atoms with E-state index in [4.69, 9.17) is 9.47 Å². The number of fused-ring (bicyclic) bond motifs is 1. The maximum absolute atomic E-state index is 5.48. The molecule has 1 unspecified atom stereocenters. The van der Waals surface area contributed by atoms with Crippen LogP contribution in [0.4, 0.5) is 5.69 Å². The Kier molecular flexibility index (Phi) is 5.49. The first-order chi connectivity index (χ1) is 8.90. The predicted octanol–water partition coefficient (Wildman–Crippen LogP) is 2.86. The number of anilines is 1. The number of benzene rings is 1. The summed E-state index contributed by atoms with van der Waals surface area (Å²) in [7, 11) is 1.70. The van der Waals surface area contributed by atoms with E-state index in [0.29, 0.717) is 19.3 Å². The topological polar surface area (TPSA) is 30.5 Å². The van der Waals surface area contributed by atoms with Crippen LogP contribution >= 0.6 is 0 Å². The van der Waals surface area contributed by atoms with Gasteiger partial charge in [-0.15, -0.1) is 0 Å². The Hall–Kier alpha value is -1.06. The normalized spacial score (nSPS) is 18.2. The minimum absolute atomic E-state index is 0.603. The number of ether oxygens (including phenoxy) is 2. The van der Waals surface area contributed by atoms with Crippen molar-refractivity contribution in [1.29, 1.82) is 0 Å². The van der Waals surface area contributed by atoms with E-state index in [1.807, 2.05) is 0 Å². The SMILES string of the molecule is COCCOCCCC1CCc2ccccc2N1. The van der Waals surface area contributed by atoms with E-state index in [0.717, 1.165) is 13.0 Å². The van der Waals surface area contributed by atoms with Crippen LogP contribution in [0.2, 0.25) is 0 Å². The van der Waals surface area contributed by atoms with Gasteiger partial charge in [-0.2, -0.15) is 0 Å². The van der Waals surface area contributed by atoms with Gasteiger partial charge in [0.25, 0.3) is 0 Å². The Morgan fingerprint density at radius 2 is 2.11 bits per heavy atom. The average Bonchev–Trinajstić information content (AvgIpc) is 2.42. The molecule has 3 nitrogen and oxygen atoms in total. The number of methoxy groups -OCH3 is 1. The van der Waals surface area contributed by atoms with E-state index in [1.54, 1.807) is 7.11 Å². The molecule has 0 aromatic heterocycles. The monoisotopic (exact) mass is 249 g/mol. The van der Waals surface area contributed by atoms with Crippen molar-refractivity contribution in [2.75, 3.05) is 32.2 Å². The summed E-state index contributed by atoms with van der Waals surface area (Å²) in [5.41, 5.74) is 2.76. The van der Waals surface area contributed by atoms with Crippen molar-refractivity contribution in [3.05, 3.63) is 29.8 Å². The Morgan fingerprint density at radius 1 is 1.22 bits per heavy atom. The highest BCUT2D eigenvalue weighted by Gasteiger charge is 2.16. The molecule has 1 aromatic rings. The van der Waals surface area contributed by atoms with E-state index in [9.17, 15) is 0 Å². The lowest BCUT2D eigenvalue weighted by molar-refractivity contribution is 0.0682. The molecule has 100 valence electrons. The van der Waals surface area contributed by atoms with Crippen molar-refractivity contribution in [2.45, 2.75) is 31.7 Å². The molecule has 0 amide bonds. The van der Waals surface area contributed by atoms with E-state index in [1.165, 1.54) is 30.5 Å². The molecule has 1 aromatic carbocycles. The molecule has 2 rings (SSSR count). The second kappa shape index (κ2) is 7.39. The zero-order valence-electron chi connectivity index (χ0n) is 11.2. The van der Waals surface area contributed by atoms with Crippen LogP contribution in [0.3, 0.4) is 0 Å². The molecule has 1 heterocycles. The molecule has 0 saturated heterocycles. The third-order valence-corrected chi connectivity index (χ3v) is 3.41. The Morgan fingerprint density at radius 3 is 3.00 bits per heavy atom. The summed E-state index contributed by atoms with van der Waals surface area (Å²) in [6.45, 7) is 2.23. The van der Waals surface area contributed by atoms with Gasteiger partial charge in [0.2, 0.25) is 0 Å². The third kappa shape index (κ3) is 4.00. The minimum Gasteiger partial charge on any atom is -0.382 e. The zero-order valence-corrected chi connectivity index (χ0v) is 11.2. The van der Waals surface area contributed by atoms with Crippen molar-refractivity contribution in [3.8, 4) is 0 Å². The van der Waals surface area contributed by atoms with Gasteiger partial charge in [-0.3, -0.25) is 0 Å². The third-order valence-electron chi connectivity index (χ3n) is 3.41. The summed E-state index contributed by atoms with van der Waals surface area (Å²) in [5.74, 6) is 0. The Balaban J connectivity index is 1.64. The lowest BCUT2D eigenvalue weighted by Gasteiger charge is -2.27. The highest BCUT2D eigenvalue weighted by molar-refractivity contribution is 5.53. The van der Waals surface area contributed by atoms with Gasteiger partial charge < -0.3 is 14.8 Å². The fraction of sp³-hybridized carbons (Fsp3) is 0.600. The first-order valence-electron chi connectivity index (χ1n) is 6.81. The smallest absolute Gasteiger partial charge is 0.0700 e. The Labute approximate surface area is 109 Å². The van der Waals surface area contributed by atoms with Crippen molar-refractivity contribution in [2.24, 2.45) is 0 Å².